The molecule has 206 valence electrons. The van der Waals surface area contributed by atoms with Gasteiger partial charge in [-0.3, -0.25) is 14.3 Å². The van der Waals surface area contributed by atoms with Crippen molar-refractivity contribution in [3.05, 3.63) is 59.8 Å². The summed E-state index contributed by atoms with van der Waals surface area (Å²) in [5.41, 5.74) is 3.30. The van der Waals surface area contributed by atoms with Crippen molar-refractivity contribution in [1.29, 1.82) is 0 Å². The standard InChI is InChI=1S/C29H37N7O3/c1-19-33-24(17-31-28(37)21-10-8-20(9-11-21)23-16-32-35(2)18-23)15-27(34-19)36-25-7-5-4-6-22(25)14-26(36)29(38)30-12-13-39-3/h8-11,15-16,18,22,25-26H,4-7,12-14,17H2,1-3H3,(H,30,38)(H,31,37)/t22-,25-,26-/m0/s1. The highest BCUT2D eigenvalue weighted by molar-refractivity contribution is 5.94. The van der Waals surface area contributed by atoms with Gasteiger partial charge in [-0.2, -0.15) is 5.10 Å². The number of aryl methyl sites for hydroxylation is 2. The van der Waals surface area contributed by atoms with Gasteiger partial charge in [0.15, 0.2) is 0 Å². The number of nitrogens with one attached hydrogen (secondary N) is 2. The van der Waals surface area contributed by atoms with Crippen LogP contribution < -0.4 is 15.5 Å². The Labute approximate surface area is 229 Å². The minimum atomic E-state index is -0.273. The summed E-state index contributed by atoms with van der Waals surface area (Å²) >= 11 is 0. The third kappa shape index (κ3) is 6.11. The summed E-state index contributed by atoms with van der Waals surface area (Å²) in [4.78, 5) is 37.6. The van der Waals surface area contributed by atoms with Gasteiger partial charge in [0, 0.05) is 50.1 Å². The Kier molecular flexibility index (Phi) is 8.21. The fourth-order valence-corrected chi connectivity index (χ4v) is 5.91. The van der Waals surface area contributed by atoms with E-state index >= 15 is 0 Å². The van der Waals surface area contributed by atoms with Crippen LogP contribution in [0.15, 0.2) is 42.7 Å². The van der Waals surface area contributed by atoms with Crippen LogP contribution >= 0.6 is 0 Å². The highest BCUT2D eigenvalue weighted by Crippen LogP contribution is 2.42. The molecule has 0 spiro atoms. The molecule has 0 radical (unpaired) electrons. The lowest BCUT2D eigenvalue weighted by molar-refractivity contribution is -0.122. The summed E-state index contributed by atoms with van der Waals surface area (Å²) in [5.74, 6) is 1.70. The maximum atomic E-state index is 13.2. The van der Waals surface area contributed by atoms with E-state index in [0.717, 1.165) is 48.3 Å². The van der Waals surface area contributed by atoms with Gasteiger partial charge in [-0.25, -0.2) is 9.97 Å². The van der Waals surface area contributed by atoms with E-state index in [0.29, 0.717) is 30.5 Å². The molecule has 1 aliphatic carbocycles. The molecule has 3 atom stereocenters. The minimum absolute atomic E-state index is 0.0160. The van der Waals surface area contributed by atoms with Gasteiger partial charge in [-0.05, 0) is 49.8 Å². The van der Waals surface area contributed by atoms with Gasteiger partial charge in [-0.15, -0.1) is 0 Å². The number of aromatic nitrogens is 4. The van der Waals surface area contributed by atoms with E-state index in [2.05, 4.69) is 25.6 Å². The van der Waals surface area contributed by atoms with E-state index in [9.17, 15) is 9.59 Å². The van der Waals surface area contributed by atoms with Gasteiger partial charge < -0.3 is 20.3 Å². The summed E-state index contributed by atoms with van der Waals surface area (Å²) in [6, 6.07) is 9.40. The molecule has 0 bridgehead atoms. The van der Waals surface area contributed by atoms with E-state index in [1.807, 2.05) is 50.5 Å². The van der Waals surface area contributed by atoms with Gasteiger partial charge in [0.2, 0.25) is 5.91 Å². The molecular weight excluding hydrogens is 494 g/mol. The predicted molar refractivity (Wildman–Crippen MR) is 148 cm³/mol. The van der Waals surface area contributed by atoms with Gasteiger partial charge in [-0.1, -0.05) is 25.0 Å². The number of benzene rings is 1. The number of fused-ring (bicyclic) bond motifs is 1. The second-order valence-electron chi connectivity index (χ2n) is 10.5. The molecule has 1 saturated carbocycles. The number of carbonyl (C=O) groups excluding carboxylic acids is 2. The van der Waals surface area contributed by atoms with Crippen molar-refractivity contribution in [2.75, 3.05) is 25.2 Å². The Hall–Kier alpha value is -3.79. The zero-order valence-electron chi connectivity index (χ0n) is 22.9. The number of anilines is 1. The van der Waals surface area contributed by atoms with Crippen molar-refractivity contribution in [3.8, 4) is 11.1 Å². The van der Waals surface area contributed by atoms with E-state index < -0.39 is 0 Å². The molecule has 2 aromatic heterocycles. The largest absolute Gasteiger partial charge is 0.383 e. The van der Waals surface area contributed by atoms with Crippen LogP contribution in [-0.4, -0.2) is 63.9 Å². The second-order valence-corrected chi connectivity index (χ2v) is 10.5. The quantitative estimate of drug-likeness (QED) is 0.408. The minimum Gasteiger partial charge on any atom is -0.383 e. The Morgan fingerprint density at radius 2 is 1.87 bits per heavy atom. The number of amides is 2. The average Bonchev–Trinajstić information content (AvgIpc) is 3.55. The molecule has 1 aliphatic heterocycles. The first-order valence-electron chi connectivity index (χ1n) is 13.7. The molecule has 2 aliphatic rings. The highest BCUT2D eigenvalue weighted by atomic mass is 16.5. The maximum Gasteiger partial charge on any atom is 0.251 e. The normalized spacial score (nSPS) is 20.5. The van der Waals surface area contributed by atoms with Gasteiger partial charge in [0.1, 0.15) is 17.7 Å². The number of nitrogens with zero attached hydrogens (tertiary/aromatic N) is 5. The molecule has 10 heteroatoms. The first-order valence-corrected chi connectivity index (χ1v) is 13.7. The van der Waals surface area contributed by atoms with Crippen molar-refractivity contribution in [3.63, 3.8) is 0 Å². The summed E-state index contributed by atoms with van der Waals surface area (Å²) < 4.78 is 6.86. The van der Waals surface area contributed by atoms with Crippen LogP contribution in [0, 0.1) is 12.8 Å². The number of carbonyl (C=O) groups is 2. The molecule has 3 aromatic rings. The van der Waals surface area contributed by atoms with Crippen LogP contribution in [0.2, 0.25) is 0 Å². The smallest absolute Gasteiger partial charge is 0.251 e. The van der Waals surface area contributed by atoms with Crippen molar-refractivity contribution in [2.45, 2.75) is 57.7 Å². The summed E-state index contributed by atoms with van der Waals surface area (Å²) in [5, 5.41) is 10.2. The van der Waals surface area contributed by atoms with E-state index in [1.165, 1.54) is 6.42 Å². The Morgan fingerprint density at radius 1 is 1.08 bits per heavy atom. The first-order chi connectivity index (χ1) is 18.9. The van der Waals surface area contributed by atoms with Gasteiger partial charge in [0.25, 0.3) is 5.91 Å². The fourth-order valence-electron chi connectivity index (χ4n) is 5.91. The average molecular weight is 532 g/mol. The molecule has 2 N–H and O–H groups in total. The summed E-state index contributed by atoms with van der Waals surface area (Å²) in [6.45, 7) is 3.09. The Bertz CT molecular complexity index is 1310. The van der Waals surface area contributed by atoms with Gasteiger partial charge >= 0.3 is 0 Å². The predicted octanol–water partition coefficient (Wildman–Crippen LogP) is 3.02. The van der Waals surface area contributed by atoms with Crippen LogP contribution in [0.1, 0.15) is 54.0 Å². The van der Waals surface area contributed by atoms with E-state index in [1.54, 1.807) is 18.0 Å². The van der Waals surface area contributed by atoms with Crippen molar-refractivity contribution in [1.82, 2.24) is 30.4 Å². The molecule has 1 saturated heterocycles. The summed E-state index contributed by atoms with van der Waals surface area (Å²) in [6.07, 6.45) is 9.11. The highest BCUT2D eigenvalue weighted by Gasteiger charge is 2.45. The second kappa shape index (κ2) is 11.9. The third-order valence-corrected chi connectivity index (χ3v) is 7.75. The number of rotatable bonds is 9. The molecule has 2 fully saturated rings. The topological polar surface area (TPSA) is 114 Å². The monoisotopic (exact) mass is 531 g/mol. The molecule has 2 amide bonds. The van der Waals surface area contributed by atoms with Crippen LogP contribution in [0.5, 0.6) is 0 Å². The molecule has 0 unspecified atom stereocenters. The van der Waals surface area contributed by atoms with Crippen molar-refractivity contribution in [2.24, 2.45) is 13.0 Å². The lowest BCUT2D eigenvalue weighted by Gasteiger charge is -2.34. The first kappa shape index (κ1) is 26.8. The zero-order valence-corrected chi connectivity index (χ0v) is 22.9. The molecule has 5 rings (SSSR count). The molecule has 3 heterocycles. The van der Waals surface area contributed by atoms with E-state index in [-0.39, 0.29) is 30.4 Å². The van der Waals surface area contributed by atoms with Crippen LogP contribution in [0.4, 0.5) is 5.82 Å². The van der Waals surface area contributed by atoms with Crippen LogP contribution in [0.3, 0.4) is 0 Å². The Morgan fingerprint density at radius 3 is 2.62 bits per heavy atom. The summed E-state index contributed by atoms with van der Waals surface area (Å²) in [7, 11) is 3.50. The van der Waals surface area contributed by atoms with Crippen LogP contribution in [0.25, 0.3) is 11.1 Å². The molecule has 1 aromatic carbocycles. The third-order valence-electron chi connectivity index (χ3n) is 7.75. The van der Waals surface area contributed by atoms with E-state index in [4.69, 9.17) is 9.72 Å². The zero-order chi connectivity index (χ0) is 27.4. The number of hydrogen-bond donors (Lipinski definition) is 2. The van der Waals surface area contributed by atoms with Crippen molar-refractivity contribution < 1.29 is 14.3 Å². The number of methoxy groups -OCH3 is 1. The van der Waals surface area contributed by atoms with Gasteiger partial charge in [0.05, 0.1) is 25.0 Å². The number of hydrogen-bond acceptors (Lipinski definition) is 7. The molecule has 39 heavy (non-hydrogen) atoms. The maximum absolute atomic E-state index is 13.2. The van der Waals surface area contributed by atoms with Crippen LogP contribution in [-0.2, 0) is 23.1 Å². The molecular formula is C29H37N7O3. The van der Waals surface area contributed by atoms with Crippen molar-refractivity contribution >= 4 is 17.6 Å². The Balaban J connectivity index is 1.30. The lowest BCUT2D eigenvalue weighted by Crippen LogP contribution is -2.48. The molecule has 10 nitrogen and oxygen atoms in total. The SMILES string of the molecule is COCCNC(=O)[C@@H]1C[C@@H]2CCCC[C@@H]2N1c1cc(CNC(=O)c2ccc(-c3cnn(C)c3)cc2)nc(C)n1. The number of ether oxygens (including phenoxy) is 1. The fraction of sp³-hybridized carbons (Fsp3) is 0.483. The lowest BCUT2D eigenvalue weighted by atomic mass is 9.84.